The van der Waals surface area contributed by atoms with Crippen molar-refractivity contribution >= 4 is 11.8 Å². The fourth-order valence-corrected chi connectivity index (χ4v) is 1.80. The van der Waals surface area contributed by atoms with Gasteiger partial charge in [-0.3, -0.25) is 0 Å². The summed E-state index contributed by atoms with van der Waals surface area (Å²) in [4.78, 5) is 8.09. The Morgan fingerprint density at radius 1 is 1.26 bits per heavy atom. The molecule has 0 saturated carbocycles. The summed E-state index contributed by atoms with van der Waals surface area (Å²) in [7, 11) is 0. The van der Waals surface area contributed by atoms with Gasteiger partial charge in [-0.05, 0) is 19.8 Å². The quantitative estimate of drug-likeness (QED) is 0.668. The lowest BCUT2D eigenvalue weighted by Crippen LogP contribution is -2.18. The summed E-state index contributed by atoms with van der Waals surface area (Å²) in [5, 5.41) is 6.18. The Kier molecular flexibility index (Phi) is 7.15. The van der Waals surface area contributed by atoms with Gasteiger partial charge in [-0.25, -0.2) is 9.37 Å². The molecule has 0 bridgehead atoms. The molecule has 1 atom stereocenters. The zero-order valence-electron chi connectivity index (χ0n) is 12.2. The van der Waals surface area contributed by atoms with E-state index in [4.69, 9.17) is 0 Å². The normalized spacial score (nSPS) is 12.2. The van der Waals surface area contributed by atoms with E-state index in [1.165, 1.54) is 19.0 Å². The Bertz CT molecular complexity index is 370. The van der Waals surface area contributed by atoms with E-state index in [2.05, 4.69) is 41.4 Å². The number of aromatic nitrogens is 2. The van der Waals surface area contributed by atoms with Gasteiger partial charge in [-0.1, -0.05) is 33.1 Å². The lowest BCUT2D eigenvalue weighted by Gasteiger charge is -2.15. The van der Waals surface area contributed by atoms with E-state index in [0.29, 0.717) is 5.95 Å². The Balaban J connectivity index is 2.55. The first-order valence-corrected chi connectivity index (χ1v) is 7.20. The van der Waals surface area contributed by atoms with Crippen molar-refractivity contribution in [3.05, 3.63) is 12.0 Å². The highest BCUT2D eigenvalue weighted by atomic mass is 19.1. The van der Waals surface area contributed by atoms with Crippen LogP contribution >= 0.6 is 0 Å². The maximum atomic E-state index is 13.6. The average molecular weight is 268 g/mol. The Morgan fingerprint density at radius 3 is 2.74 bits per heavy atom. The van der Waals surface area contributed by atoms with Crippen LogP contribution in [0.3, 0.4) is 0 Å². The van der Waals surface area contributed by atoms with Crippen molar-refractivity contribution in [1.82, 2.24) is 9.97 Å². The molecular weight excluding hydrogens is 243 g/mol. The minimum absolute atomic E-state index is 0.218. The molecule has 1 rings (SSSR count). The molecule has 0 amide bonds. The highest BCUT2D eigenvalue weighted by Crippen LogP contribution is 2.15. The van der Waals surface area contributed by atoms with Crippen molar-refractivity contribution in [2.24, 2.45) is 0 Å². The number of hydrogen-bond acceptors (Lipinski definition) is 4. The Labute approximate surface area is 115 Å². The molecular formula is C14H25FN4. The third-order valence-electron chi connectivity index (χ3n) is 2.90. The first-order chi connectivity index (χ1) is 9.17. The van der Waals surface area contributed by atoms with Gasteiger partial charge in [-0.2, -0.15) is 4.98 Å². The molecule has 19 heavy (non-hydrogen) atoms. The Hall–Kier alpha value is -1.39. The molecule has 0 radical (unpaired) electrons. The second-order valence-corrected chi connectivity index (χ2v) is 4.86. The van der Waals surface area contributed by atoms with Crippen LogP contribution in [0.2, 0.25) is 0 Å². The average Bonchev–Trinajstić information content (AvgIpc) is 2.40. The van der Waals surface area contributed by atoms with Crippen molar-refractivity contribution in [1.29, 1.82) is 0 Å². The number of nitrogens with one attached hydrogen (secondary N) is 2. The third kappa shape index (κ3) is 5.85. The van der Waals surface area contributed by atoms with E-state index >= 15 is 0 Å². The van der Waals surface area contributed by atoms with Crippen LogP contribution in [0.1, 0.15) is 52.9 Å². The van der Waals surface area contributed by atoms with Gasteiger partial charge in [0.2, 0.25) is 5.95 Å². The van der Waals surface area contributed by atoms with E-state index in [1.54, 1.807) is 0 Å². The smallest absolute Gasteiger partial charge is 0.224 e. The monoisotopic (exact) mass is 268 g/mol. The van der Waals surface area contributed by atoms with Crippen molar-refractivity contribution in [3.8, 4) is 0 Å². The van der Waals surface area contributed by atoms with Crippen LogP contribution in [0, 0.1) is 5.82 Å². The second kappa shape index (κ2) is 8.67. The van der Waals surface area contributed by atoms with Crippen LogP contribution in [0.5, 0.6) is 0 Å². The van der Waals surface area contributed by atoms with Crippen LogP contribution in [0.4, 0.5) is 16.2 Å². The SMILES string of the molecule is CCCCCC(C)Nc1nc(NCCC)ncc1F. The lowest BCUT2D eigenvalue weighted by molar-refractivity contribution is 0.591. The van der Waals surface area contributed by atoms with Crippen LogP contribution in [0.15, 0.2) is 6.20 Å². The molecule has 1 aromatic rings. The van der Waals surface area contributed by atoms with Gasteiger partial charge in [0.25, 0.3) is 0 Å². The summed E-state index contributed by atoms with van der Waals surface area (Å²) < 4.78 is 13.6. The fourth-order valence-electron chi connectivity index (χ4n) is 1.80. The van der Waals surface area contributed by atoms with Gasteiger partial charge in [0.15, 0.2) is 11.6 Å². The lowest BCUT2D eigenvalue weighted by atomic mass is 10.1. The second-order valence-electron chi connectivity index (χ2n) is 4.86. The molecule has 1 heterocycles. The predicted molar refractivity (Wildman–Crippen MR) is 78.0 cm³/mol. The molecule has 1 aromatic heterocycles. The van der Waals surface area contributed by atoms with Crippen molar-refractivity contribution in [2.45, 2.75) is 58.9 Å². The molecule has 0 fully saturated rings. The zero-order chi connectivity index (χ0) is 14.1. The minimum atomic E-state index is -0.399. The van der Waals surface area contributed by atoms with Crippen molar-refractivity contribution in [2.75, 3.05) is 17.2 Å². The molecule has 108 valence electrons. The molecule has 5 heteroatoms. The predicted octanol–water partition coefficient (Wildman–Crippen LogP) is 3.82. The summed E-state index contributed by atoms with van der Waals surface area (Å²) in [5.74, 6) is 0.369. The van der Waals surface area contributed by atoms with Crippen LogP contribution < -0.4 is 10.6 Å². The van der Waals surface area contributed by atoms with Gasteiger partial charge in [0.05, 0.1) is 6.20 Å². The number of halogens is 1. The van der Waals surface area contributed by atoms with E-state index in [1.807, 2.05) is 0 Å². The molecule has 2 N–H and O–H groups in total. The summed E-state index contributed by atoms with van der Waals surface area (Å²) >= 11 is 0. The molecule has 0 aliphatic rings. The van der Waals surface area contributed by atoms with Gasteiger partial charge < -0.3 is 10.6 Å². The van der Waals surface area contributed by atoms with Gasteiger partial charge in [-0.15, -0.1) is 0 Å². The Morgan fingerprint density at radius 2 is 2.05 bits per heavy atom. The van der Waals surface area contributed by atoms with Gasteiger partial charge in [0.1, 0.15) is 0 Å². The maximum absolute atomic E-state index is 13.6. The first kappa shape index (κ1) is 15.7. The summed E-state index contributed by atoms with van der Waals surface area (Å²) in [5.41, 5.74) is 0. The molecule has 0 saturated heterocycles. The van der Waals surface area contributed by atoms with E-state index in [9.17, 15) is 4.39 Å². The molecule has 0 aromatic carbocycles. The number of rotatable bonds is 9. The molecule has 0 aliphatic heterocycles. The van der Waals surface area contributed by atoms with Crippen LogP contribution in [-0.2, 0) is 0 Å². The largest absolute Gasteiger partial charge is 0.365 e. The number of hydrogen-bond donors (Lipinski definition) is 2. The topological polar surface area (TPSA) is 49.8 Å². The van der Waals surface area contributed by atoms with E-state index in [-0.39, 0.29) is 11.9 Å². The van der Waals surface area contributed by atoms with Gasteiger partial charge in [0, 0.05) is 12.6 Å². The fraction of sp³-hybridized carbons (Fsp3) is 0.714. The standard InChI is InChI=1S/C14H25FN4/c1-4-6-7-8-11(3)18-13-12(15)10-17-14(19-13)16-9-5-2/h10-11H,4-9H2,1-3H3,(H2,16,17,18,19). The summed E-state index contributed by atoms with van der Waals surface area (Å²) in [6.45, 7) is 7.08. The molecule has 0 aliphatic carbocycles. The van der Waals surface area contributed by atoms with Crippen molar-refractivity contribution < 1.29 is 4.39 Å². The van der Waals surface area contributed by atoms with Crippen molar-refractivity contribution in [3.63, 3.8) is 0 Å². The first-order valence-electron chi connectivity index (χ1n) is 7.20. The molecule has 1 unspecified atom stereocenters. The summed E-state index contributed by atoms with van der Waals surface area (Å²) in [6.07, 6.45) is 6.78. The highest BCUT2D eigenvalue weighted by molar-refractivity contribution is 5.41. The summed E-state index contributed by atoms with van der Waals surface area (Å²) in [6, 6.07) is 0.218. The van der Waals surface area contributed by atoms with Crippen LogP contribution in [-0.4, -0.2) is 22.6 Å². The van der Waals surface area contributed by atoms with Crippen LogP contribution in [0.25, 0.3) is 0 Å². The maximum Gasteiger partial charge on any atom is 0.224 e. The number of anilines is 2. The third-order valence-corrected chi connectivity index (χ3v) is 2.90. The zero-order valence-corrected chi connectivity index (χ0v) is 12.2. The van der Waals surface area contributed by atoms with Gasteiger partial charge >= 0.3 is 0 Å². The molecule has 4 nitrogen and oxygen atoms in total. The number of unbranched alkanes of at least 4 members (excludes halogenated alkanes) is 2. The number of nitrogens with zero attached hydrogens (tertiary/aromatic N) is 2. The highest BCUT2D eigenvalue weighted by Gasteiger charge is 2.09. The minimum Gasteiger partial charge on any atom is -0.365 e. The van der Waals surface area contributed by atoms with E-state index < -0.39 is 5.82 Å². The molecule has 0 spiro atoms. The van der Waals surface area contributed by atoms with E-state index in [0.717, 1.165) is 25.8 Å².